The zero-order valence-corrected chi connectivity index (χ0v) is 15.4. The fourth-order valence-corrected chi connectivity index (χ4v) is 3.43. The van der Waals surface area contributed by atoms with E-state index in [1.807, 2.05) is 19.9 Å². The average molecular weight is 366 g/mol. The molecule has 7 heteroatoms. The van der Waals surface area contributed by atoms with Gasteiger partial charge in [0.05, 0.1) is 24.3 Å². The quantitative estimate of drug-likeness (QED) is 0.872. The van der Waals surface area contributed by atoms with Crippen LogP contribution in [0.1, 0.15) is 29.8 Å². The van der Waals surface area contributed by atoms with Crippen molar-refractivity contribution in [1.82, 2.24) is 4.98 Å². The fraction of sp³-hybridized carbons (Fsp3) is 0.350. The Balaban J connectivity index is 1.59. The monoisotopic (exact) mass is 366 g/mol. The first kappa shape index (κ1) is 17.5. The third-order valence-corrected chi connectivity index (χ3v) is 5.12. The number of aromatic nitrogens is 1. The van der Waals surface area contributed by atoms with E-state index in [2.05, 4.69) is 20.5 Å². The number of morpholine rings is 1. The maximum atomic E-state index is 12.9. The van der Waals surface area contributed by atoms with Gasteiger partial charge in [-0.2, -0.15) is 0 Å². The molecule has 2 aliphatic rings. The fourth-order valence-electron chi connectivity index (χ4n) is 3.43. The molecule has 1 aromatic carbocycles. The molecule has 3 heterocycles. The van der Waals surface area contributed by atoms with Gasteiger partial charge in [0, 0.05) is 30.5 Å². The summed E-state index contributed by atoms with van der Waals surface area (Å²) in [6, 6.07) is 8.93. The molecular formula is C20H22N4O3. The summed E-state index contributed by atoms with van der Waals surface area (Å²) in [5.41, 5.74) is 2.11. The predicted octanol–water partition coefficient (Wildman–Crippen LogP) is 2.40. The Hall–Kier alpha value is -2.93. The van der Waals surface area contributed by atoms with Crippen molar-refractivity contribution in [3.8, 4) is 0 Å². The summed E-state index contributed by atoms with van der Waals surface area (Å²) in [5, 5.41) is 5.82. The van der Waals surface area contributed by atoms with Gasteiger partial charge in [0.25, 0.3) is 5.91 Å². The minimum atomic E-state index is -0.654. The third-order valence-electron chi connectivity index (χ3n) is 5.12. The highest BCUT2D eigenvalue weighted by molar-refractivity contribution is 6.09. The molecule has 2 aliphatic heterocycles. The van der Waals surface area contributed by atoms with Gasteiger partial charge in [-0.05, 0) is 49.7 Å². The maximum Gasteiger partial charge on any atom is 0.255 e. The summed E-state index contributed by atoms with van der Waals surface area (Å²) < 4.78 is 5.39. The van der Waals surface area contributed by atoms with Crippen LogP contribution in [-0.4, -0.2) is 43.1 Å². The van der Waals surface area contributed by atoms with Gasteiger partial charge < -0.3 is 20.3 Å². The second-order valence-electron chi connectivity index (χ2n) is 7.27. The van der Waals surface area contributed by atoms with Crippen LogP contribution in [0, 0.1) is 0 Å². The second kappa shape index (κ2) is 6.66. The normalized spacial score (nSPS) is 18.0. The summed E-state index contributed by atoms with van der Waals surface area (Å²) in [5.74, 6) is 0.458. The van der Waals surface area contributed by atoms with E-state index in [-0.39, 0.29) is 11.8 Å². The Kier molecular flexibility index (Phi) is 4.31. The molecule has 2 amide bonds. The first-order valence-electron chi connectivity index (χ1n) is 9.02. The van der Waals surface area contributed by atoms with Crippen LogP contribution in [0.25, 0.3) is 0 Å². The van der Waals surface area contributed by atoms with Crippen molar-refractivity contribution in [2.24, 2.45) is 0 Å². The van der Waals surface area contributed by atoms with Crippen molar-refractivity contribution < 1.29 is 14.3 Å². The first-order valence-corrected chi connectivity index (χ1v) is 9.02. The van der Waals surface area contributed by atoms with Gasteiger partial charge in [-0.3, -0.25) is 9.59 Å². The molecule has 7 nitrogen and oxygen atoms in total. The molecule has 1 fully saturated rings. The molecule has 0 saturated carbocycles. The minimum Gasteiger partial charge on any atom is -0.378 e. The molecule has 0 atom stereocenters. The largest absolute Gasteiger partial charge is 0.378 e. The Bertz CT molecular complexity index is 904. The lowest BCUT2D eigenvalue weighted by Crippen LogP contribution is -2.37. The molecule has 2 aromatic rings. The van der Waals surface area contributed by atoms with Crippen LogP contribution in [0.5, 0.6) is 0 Å². The van der Waals surface area contributed by atoms with Gasteiger partial charge in [0.1, 0.15) is 0 Å². The minimum absolute atomic E-state index is 0.0584. The molecular weight excluding hydrogens is 344 g/mol. The van der Waals surface area contributed by atoms with E-state index in [1.54, 1.807) is 30.5 Å². The van der Waals surface area contributed by atoms with E-state index in [9.17, 15) is 9.59 Å². The van der Waals surface area contributed by atoms with Gasteiger partial charge in [-0.1, -0.05) is 0 Å². The number of rotatable bonds is 3. The Morgan fingerprint density at radius 1 is 1.26 bits per heavy atom. The molecule has 0 bridgehead atoms. The van der Waals surface area contributed by atoms with Crippen LogP contribution in [-0.2, 0) is 14.9 Å². The lowest BCUT2D eigenvalue weighted by Gasteiger charge is -2.29. The molecule has 0 radical (unpaired) electrons. The van der Waals surface area contributed by atoms with Crippen molar-refractivity contribution in [1.29, 1.82) is 0 Å². The molecule has 4 rings (SSSR count). The zero-order chi connectivity index (χ0) is 19.0. The van der Waals surface area contributed by atoms with Gasteiger partial charge in [0.2, 0.25) is 5.91 Å². The summed E-state index contributed by atoms with van der Waals surface area (Å²) in [4.78, 5) is 31.5. The zero-order valence-electron chi connectivity index (χ0n) is 15.4. The Morgan fingerprint density at radius 2 is 2.04 bits per heavy atom. The van der Waals surface area contributed by atoms with Crippen LogP contribution < -0.4 is 15.5 Å². The van der Waals surface area contributed by atoms with E-state index in [0.717, 1.165) is 30.2 Å². The average Bonchev–Trinajstić information content (AvgIpc) is 2.91. The molecule has 1 aromatic heterocycles. The van der Waals surface area contributed by atoms with Gasteiger partial charge in [-0.15, -0.1) is 0 Å². The number of nitrogens with one attached hydrogen (secondary N) is 2. The van der Waals surface area contributed by atoms with Gasteiger partial charge in [0.15, 0.2) is 5.82 Å². The van der Waals surface area contributed by atoms with Crippen molar-refractivity contribution >= 4 is 29.0 Å². The Labute approximate surface area is 157 Å². The molecule has 27 heavy (non-hydrogen) atoms. The summed E-state index contributed by atoms with van der Waals surface area (Å²) in [6.45, 7) is 6.47. The number of benzene rings is 1. The predicted molar refractivity (Wildman–Crippen MR) is 103 cm³/mol. The summed E-state index contributed by atoms with van der Waals surface area (Å²) in [7, 11) is 0. The first-order chi connectivity index (χ1) is 13.0. The number of hydrogen-bond donors (Lipinski definition) is 2. The second-order valence-corrected chi connectivity index (χ2v) is 7.27. The van der Waals surface area contributed by atoms with E-state index >= 15 is 0 Å². The van der Waals surface area contributed by atoms with Crippen molar-refractivity contribution in [3.05, 3.63) is 47.7 Å². The number of amides is 2. The number of ether oxygens (including phenoxy) is 1. The molecule has 0 spiro atoms. The highest BCUT2D eigenvalue weighted by Crippen LogP contribution is 2.37. The number of carbonyl (C=O) groups is 2. The van der Waals surface area contributed by atoms with Crippen molar-refractivity contribution in [3.63, 3.8) is 0 Å². The standard InChI is InChI=1S/C20H22N4O3/c1-20(2)14-12-13(5-6-15(14)23-19(20)26)18(25)22-16-4-3-7-21-17(16)24-8-10-27-11-9-24/h3-7,12H,8-11H2,1-2H3,(H,22,25)(H,23,26). The SMILES string of the molecule is CC1(C)C(=O)Nc2ccc(C(=O)Nc3cccnc3N3CCOCC3)cc21. The summed E-state index contributed by atoms with van der Waals surface area (Å²) >= 11 is 0. The molecule has 0 unspecified atom stereocenters. The molecule has 0 aliphatic carbocycles. The number of pyridine rings is 1. The highest BCUT2D eigenvalue weighted by atomic mass is 16.5. The van der Waals surface area contributed by atoms with Gasteiger partial charge >= 0.3 is 0 Å². The highest BCUT2D eigenvalue weighted by Gasteiger charge is 2.38. The van der Waals surface area contributed by atoms with E-state index in [1.165, 1.54) is 0 Å². The van der Waals surface area contributed by atoms with Crippen LogP contribution in [0.15, 0.2) is 36.5 Å². The maximum absolute atomic E-state index is 12.9. The van der Waals surface area contributed by atoms with Crippen molar-refractivity contribution in [2.75, 3.05) is 41.8 Å². The van der Waals surface area contributed by atoms with Crippen LogP contribution in [0.4, 0.5) is 17.2 Å². The molecule has 140 valence electrons. The third kappa shape index (κ3) is 3.14. The molecule has 2 N–H and O–H groups in total. The lowest BCUT2D eigenvalue weighted by molar-refractivity contribution is -0.119. The lowest BCUT2D eigenvalue weighted by atomic mass is 9.85. The topological polar surface area (TPSA) is 83.6 Å². The van der Waals surface area contributed by atoms with Crippen molar-refractivity contribution in [2.45, 2.75) is 19.3 Å². The number of fused-ring (bicyclic) bond motifs is 1. The Morgan fingerprint density at radius 3 is 2.81 bits per heavy atom. The van der Waals surface area contributed by atoms with Crippen LogP contribution in [0.2, 0.25) is 0 Å². The number of hydrogen-bond acceptors (Lipinski definition) is 5. The van der Waals surface area contributed by atoms with Gasteiger partial charge in [-0.25, -0.2) is 4.98 Å². The van der Waals surface area contributed by atoms with E-state index in [0.29, 0.717) is 24.5 Å². The van der Waals surface area contributed by atoms with E-state index in [4.69, 9.17) is 4.74 Å². The van der Waals surface area contributed by atoms with E-state index < -0.39 is 5.41 Å². The van der Waals surface area contributed by atoms with Crippen LogP contribution in [0.3, 0.4) is 0 Å². The molecule has 1 saturated heterocycles. The number of nitrogens with zero attached hydrogens (tertiary/aromatic N) is 2. The summed E-state index contributed by atoms with van der Waals surface area (Å²) in [6.07, 6.45) is 1.72. The number of carbonyl (C=O) groups excluding carboxylic acids is 2. The smallest absolute Gasteiger partial charge is 0.255 e. The van der Waals surface area contributed by atoms with Crippen LogP contribution >= 0.6 is 0 Å². The number of anilines is 3.